The molecule has 4 aromatic rings. The van der Waals surface area contributed by atoms with Gasteiger partial charge in [-0.1, -0.05) is 51.0 Å². The highest BCUT2D eigenvalue weighted by Crippen LogP contribution is 2.26. The van der Waals surface area contributed by atoms with Gasteiger partial charge in [-0.2, -0.15) is 9.97 Å². The Bertz CT molecular complexity index is 1310. The number of hydrogen-bond acceptors (Lipinski definition) is 8. The molecule has 0 unspecified atom stereocenters. The van der Waals surface area contributed by atoms with Gasteiger partial charge >= 0.3 is 11.7 Å². The molecule has 0 aliphatic heterocycles. The lowest BCUT2D eigenvalue weighted by molar-refractivity contribution is 0.286. The molecule has 0 aliphatic carbocycles. The monoisotopic (exact) mass is 495 g/mol. The smallest absolute Gasteiger partial charge is 0.328 e. The number of nitrogens with one attached hydrogen (secondary N) is 1. The third-order valence-corrected chi connectivity index (χ3v) is 6.80. The summed E-state index contributed by atoms with van der Waals surface area (Å²) in [6.45, 7) is 7.15. The van der Waals surface area contributed by atoms with Gasteiger partial charge in [0.1, 0.15) is 10.5 Å². The van der Waals surface area contributed by atoms with Crippen molar-refractivity contribution >= 4 is 28.3 Å². The number of unbranched alkanes of at least 4 members (excludes halogenated alkanes) is 2. The molecule has 0 saturated carbocycles. The van der Waals surface area contributed by atoms with Gasteiger partial charge in [0.2, 0.25) is 0 Å². The summed E-state index contributed by atoms with van der Waals surface area (Å²) in [5, 5.41) is 0.995. The number of anilines is 1. The number of hydrogen-bond donors (Lipinski definition) is 2. The molecule has 10 heteroatoms. The van der Waals surface area contributed by atoms with E-state index in [0.717, 1.165) is 42.1 Å². The van der Waals surface area contributed by atoms with Crippen molar-refractivity contribution < 1.29 is 4.74 Å². The van der Waals surface area contributed by atoms with E-state index in [-0.39, 0.29) is 17.5 Å². The van der Waals surface area contributed by atoms with Crippen molar-refractivity contribution in [2.24, 2.45) is 0 Å². The number of H-pyrrole nitrogens is 1. The molecule has 0 aliphatic rings. The van der Waals surface area contributed by atoms with Crippen molar-refractivity contribution in [2.45, 2.75) is 52.6 Å². The van der Waals surface area contributed by atoms with E-state index in [2.05, 4.69) is 45.7 Å². The largest absolute Gasteiger partial charge is 0.463 e. The molecule has 0 atom stereocenters. The lowest BCUT2D eigenvalue weighted by atomic mass is 10.1. The maximum Gasteiger partial charge on any atom is 0.328 e. The molecule has 0 radical (unpaired) electrons. The van der Waals surface area contributed by atoms with Crippen molar-refractivity contribution in [1.29, 1.82) is 0 Å². The van der Waals surface area contributed by atoms with Gasteiger partial charge in [0.05, 0.1) is 13.2 Å². The molecular weight excluding hydrogens is 462 g/mol. The molecule has 0 spiro atoms. The van der Waals surface area contributed by atoms with E-state index in [1.165, 1.54) is 17.7 Å². The van der Waals surface area contributed by atoms with Gasteiger partial charge in [-0.25, -0.2) is 9.78 Å². The maximum absolute atomic E-state index is 12.6. The van der Waals surface area contributed by atoms with E-state index in [4.69, 9.17) is 10.5 Å². The van der Waals surface area contributed by atoms with Crippen LogP contribution in [0.3, 0.4) is 0 Å². The molecule has 3 N–H and O–H groups in total. The van der Waals surface area contributed by atoms with Crippen molar-refractivity contribution in [3.05, 3.63) is 51.4 Å². The van der Waals surface area contributed by atoms with Crippen LogP contribution in [0.4, 0.5) is 5.82 Å². The highest BCUT2D eigenvalue weighted by molar-refractivity contribution is 7.15. The number of rotatable bonds is 12. The summed E-state index contributed by atoms with van der Waals surface area (Å²) in [7, 11) is 2.15. The Morgan fingerprint density at radius 3 is 2.66 bits per heavy atom. The Morgan fingerprint density at radius 2 is 1.91 bits per heavy atom. The summed E-state index contributed by atoms with van der Waals surface area (Å²) < 4.78 is 7.18. The standard InChI is InChI=1S/C25H33N7O2S/c1-4-6-12-31(3)16-19-14-27-23(35-19)18-10-8-17(9-11-18)15-32-22-20(28-25(32)33)21(26)29-24(30-22)34-13-7-5-2/h8-11,14H,4-7,12-13,15-16H2,1-3H3,(H,28,33)(H2,26,29,30). The highest BCUT2D eigenvalue weighted by atomic mass is 32.1. The highest BCUT2D eigenvalue weighted by Gasteiger charge is 2.15. The first kappa shape index (κ1) is 24.9. The van der Waals surface area contributed by atoms with E-state index in [9.17, 15) is 4.79 Å². The van der Waals surface area contributed by atoms with Crippen molar-refractivity contribution in [3.8, 4) is 16.6 Å². The summed E-state index contributed by atoms with van der Waals surface area (Å²) in [6, 6.07) is 8.30. The van der Waals surface area contributed by atoms with Crippen molar-refractivity contribution in [3.63, 3.8) is 0 Å². The number of aromatic amines is 1. The predicted molar refractivity (Wildman–Crippen MR) is 141 cm³/mol. The molecule has 0 saturated heterocycles. The van der Waals surface area contributed by atoms with Gasteiger partial charge in [0.25, 0.3) is 0 Å². The van der Waals surface area contributed by atoms with Gasteiger partial charge in [0, 0.05) is 23.2 Å². The molecule has 0 fully saturated rings. The number of aromatic nitrogens is 5. The first-order chi connectivity index (χ1) is 17.0. The second kappa shape index (κ2) is 11.5. The van der Waals surface area contributed by atoms with Crippen LogP contribution in [-0.4, -0.2) is 49.6 Å². The molecule has 3 aromatic heterocycles. The minimum atomic E-state index is -0.285. The lowest BCUT2D eigenvalue weighted by Crippen LogP contribution is -2.18. The topological polar surface area (TPSA) is 115 Å². The predicted octanol–water partition coefficient (Wildman–Crippen LogP) is 4.28. The Kier molecular flexibility index (Phi) is 8.14. The fourth-order valence-electron chi connectivity index (χ4n) is 3.77. The van der Waals surface area contributed by atoms with E-state index >= 15 is 0 Å². The van der Waals surface area contributed by atoms with Gasteiger partial charge in [-0.05, 0) is 32.0 Å². The van der Waals surface area contributed by atoms with Crippen LogP contribution in [-0.2, 0) is 13.1 Å². The number of thiazole rings is 1. The second-order valence-electron chi connectivity index (χ2n) is 8.73. The van der Waals surface area contributed by atoms with Crippen molar-refractivity contribution in [2.75, 3.05) is 25.9 Å². The molecular formula is C25H33N7O2S. The minimum Gasteiger partial charge on any atom is -0.463 e. The summed E-state index contributed by atoms with van der Waals surface area (Å²) >= 11 is 1.72. The molecule has 0 amide bonds. The first-order valence-electron chi connectivity index (χ1n) is 12.1. The zero-order valence-corrected chi connectivity index (χ0v) is 21.4. The van der Waals surface area contributed by atoms with E-state index in [1.807, 2.05) is 30.5 Å². The minimum absolute atomic E-state index is 0.187. The lowest BCUT2D eigenvalue weighted by Gasteiger charge is -2.14. The van der Waals surface area contributed by atoms with Gasteiger partial charge < -0.3 is 20.4 Å². The van der Waals surface area contributed by atoms with Crippen LogP contribution < -0.4 is 16.2 Å². The van der Waals surface area contributed by atoms with Crippen LogP contribution in [0.1, 0.15) is 50.0 Å². The number of imidazole rings is 1. The Morgan fingerprint density at radius 1 is 1.14 bits per heavy atom. The average molecular weight is 496 g/mol. The van der Waals surface area contributed by atoms with Gasteiger partial charge in [-0.3, -0.25) is 4.57 Å². The zero-order valence-electron chi connectivity index (χ0n) is 20.6. The van der Waals surface area contributed by atoms with E-state index in [1.54, 1.807) is 15.9 Å². The number of nitrogen functional groups attached to an aromatic ring is 1. The molecule has 1 aromatic carbocycles. The summed E-state index contributed by atoms with van der Waals surface area (Å²) in [6.07, 6.45) is 6.26. The Labute approximate surface area is 209 Å². The van der Waals surface area contributed by atoms with Crippen LogP contribution in [0.2, 0.25) is 0 Å². The zero-order chi connectivity index (χ0) is 24.8. The first-order valence-corrected chi connectivity index (χ1v) is 12.9. The SMILES string of the molecule is CCCCOc1nc(N)c2[nH]c(=O)n(Cc3ccc(-c4ncc(CN(C)CCCC)s4)cc3)c2n1. The third kappa shape index (κ3) is 6.07. The summed E-state index contributed by atoms with van der Waals surface area (Å²) in [4.78, 5) is 32.2. The number of fused-ring (bicyclic) bond motifs is 1. The number of ether oxygens (including phenoxy) is 1. The maximum atomic E-state index is 12.6. The van der Waals surface area contributed by atoms with Crippen LogP contribution in [0.5, 0.6) is 6.01 Å². The summed E-state index contributed by atoms with van der Waals surface area (Å²) in [5.41, 5.74) is 8.66. The quantitative estimate of drug-likeness (QED) is 0.282. The third-order valence-electron chi connectivity index (χ3n) is 5.77. The Hall–Kier alpha value is -3.24. The van der Waals surface area contributed by atoms with Crippen molar-refractivity contribution in [1.82, 2.24) is 29.4 Å². The van der Waals surface area contributed by atoms with E-state index in [0.29, 0.717) is 24.3 Å². The number of nitrogens with zero attached hydrogens (tertiary/aromatic N) is 5. The molecule has 0 bridgehead atoms. The molecule has 35 heavy (non-hydrogen) atoms. The van der Waals surface area contributed by atoms with Gasteiger partial charge in [-0.15, -0.1) is 11.3 Å². The van der Waals surface area contributed by atoms with E-state index < -0.39 is 0 Å². The van der Waals surface area contributed by atoms with Gasteiger partial charge in [0.15, 0.2) is 11.5 Å². The second-order valence-corrected chi connectivity index (χ2v) is 9.84. The van der Waals surface area contributed by atoms with Crippen LogP contribution in [0.25, 0.3) is 21.7 Å². The molecule has 9 nitrogen and oxygen atoms in total. The number of benzene rings is 1. The average Bonchev–Trinajstić information content (AvgIpc) is 3.43. The fourth-order valence-corrected chi connectivity index (χ4v) is 4.77. The van der Waals surface area contributed by atoms with Crippen LogP contribution in [0.15, 0.2) is 35.3 Å². The normalized spacial score (nSPS) is 11.5. The molecule has 3 heterocycles. The Balaban J connectivity index is 1.49. The summed E-state index contributed by atoms with van der Waals surface area (Å²) in [5.74, 6) is 0.201. The molecule has 186 valence electrons. The fraction of sp³-hybridized carbons (Fsp3) is 0.440. The molecule has 4 rings (SSSR count). The number of nitrogens with two attached hydrogens (primary N) is 1. The van der Waals surface area contributed by atoms with Crippen LogP contribution in [0, 0.1) is 0 Å². The van der Waals surface area contributed by atoms with Crippen LogP contribution >= 0.6 is 11.3 Å².